The monoisotopic (exact) mass is 498 g/mol. The van der Waals surface area contributed by atoms with Crippen LogP contribution in [0, 0.1) is 0 Å². The minimum absolute atomic E-state index is 0.223. The van der Waals surface area contributed by atoms with Gasteiger partial charge in [0.05, 0.1) is 12.9 Å². The molecule has 9 nitrogen and oxygen atoms in total. The predicted octanol–water partition coefficient (Wildman–Crippen LogP) is 4.55. The highest BCUT2D eigenvalue weighted by molar-refractivity contribution is 7.98. The third-order valence-corrected chi connectivity index (χ3v) is 6.20. The Morgan fingerprint density at radius 2 is 1.89 bits per heavy atom. The summed E-state index contributed by atoms with van der Waals surface area (Å²) in [6, 6.07) is 21.2. The first kappa shape index (κ1) is 23.3. The number of nitrogens with one attached hydrogen (secondary N) is 1. The van der Waals surface area contributed by atoms with Crippen molar-refractivity contribution in [2.75, 3.05) is 7.11 Å². The molecule has 0 spiro atoms. The molecule has 0 aliphatic rings. The van der Waals surface area contributed by atoms with Gasteiger partial charge in [-0.25, -0.2) is 4.98 Å². The SMILES string of the molecule is COc1cccc(-c2nnc(SCc3nc(C(=O)NCc4ccncc4)co3)n2-c2ccccc2)c1. The van der Waals surface area contributed by atoms with Crippen molar-refractivity contribution in [1.29, 1.82) is 0 Å². The Kier molecular flexibility index (Phi) is 7.04. The minimum atomic E-state index is -0.306. The number of carbonyl (C=O) groups is 1. The number of para-hydroxylation sites is 1. The van der Waals surface area contributed by atoms with Crippen molar-refractivity contribution >= 4 is 17.7 Å². The number of pyridine rings is 1. The highest BCUT2D eigenvalue weighted by atomic mass is 32.2. The van der Waals surface area contributed by atoms with Crippen LogP contribution >= 0.6 is 11.8 Å². The second kappa shape index (κ2) is 10.9. The van der Waals surface area contributed by atoms with Crippen LogP contribution in [0.1, 0.15) is 21.9 Å². The number of thioether (sulfide) groups is 1. The van der Waals surface area contributed by atoms with Gasteiger partial charge in [0.25, 0.3) is 5.91 Å². The lowest BCUT2D eigenvalue weighted by Crippen LogP contribution is -2.23. The highest BCUT2D eigenvalue weighted by Crippen LogP contribution is 2.31. The third-order valence-electron chi connectivity index (χ3n) is 5.29. The molecule has 2 aromatic carbocycles. The molecule has 0 radical (unpaired) electrons. The van der Waals surface area contributed by atoms with Crippen molar-refractivity contribution in [2.45, 2.75) is 17.5 Å². The average molecular weight is 499 g/mol. The van der Waals surface area contributed by atoms with Crippen LogP contribution in [0.3, 0.4) is 0 Å². The number of aromatic nitrogens is 5. The minimum Gasteiger partial charge on any atom is -0.497 e. The summed E-state index contributed by atoms with van der Waals surface area (Å²) in [6.45, 7) is 0.380. The van der Waals surface area contributed by atoms with E-state index in [0.29, 0.717) is 29.2 Å². The van der Waals surface area contributed by atoms with E-state index in [2.05, 4.69) is 25.5 Å². The molecule has 1 N–H and O–H groups in total. The molecule has 0 saturated carbocycles. The van der Waals surface area contributed by atoms with E-state index in [1.54, 1.807) is 19.5 Å². The summed E-state index contributed by atoms with van der Waals surface area (Å²) in [5.41, 5.74) is 2.97. The number of ether oxygens (including phenoxy) is 1. The van der Waals surface area contributed by atoms with E-state index < -0.39 is 0 Å². The molecule has 3 heterocycles. The van der Waals surface area contributed by atoms with Gasteiger partial charge >= 0.3 is 0 Å². The average Bonchev–Trinajstić information content (AvgIpc) is 3.59. The number of nitrogens with zero attached hydrogens (tertiary/aromatic N) is 5. The molecule has 10 heteroatoms. The number of oxazole rings is 1. The lowest BCUT2D eigenvalue weighted by atomic mass is 10.2. The van der Waals surface area contributed by atoms with Crippen LogP contribution in [0.15, 0.2) is 95.0 Å². The van der Waals surface area contributed by atoms with Gasteiger partial charge in [-0.3, -0.25) is 14.3 Å². The lowest BCUT2D eigenvalue weighted by molar-refractivity contribution is 0.0946. The van der Waals surface area contributed by atoms with Crippen molar-refractivity contribution in [2.24, 2.45) is 0 Å². The van der Waals surface area contributed by atoms with Crippen LogP contribution in [-0.2, 0) is 12.3 Å². The van der Waals surface area contributed by atoms with Gasteiger partial charge in [-0.05, 0) is 42.0 Å². The number of hydrogen-bond donors (Lipinski definition) is 1. The molecule has 0 atom stereocenters. The largest absolute Gasteiger partial charge is 0.497 e. The summed E-state index contributed by atoms with van der Waals surface area (Å²) in [6.07, 6.45) is 4.73. The molecule has 0 fully saturated rings. The number of carbonyl (C=O) groups excluding carboxylic acids is 1. The summed E-state index contributed by atoms with van der Waals surface area (Å²) < 4.78 is 12.9. The summed E-state index contributed by atoms with van der Waals surface area (Å²) in [4.78, 5) is 20.8. The first-order valence-corrected chi connectivity index (χ1v) is 12.1. The van der Waals surface area contributed by atoms with E-state index in [0.717, 1.165) is 22.6 Å². The van der Waals surface area contributed by atoms with Gasteiger partial charge in [0, 0.05) is 30.2 Å². The zero-order valence-electron chi connectivity index (χ0n) is 19.4. The van der Waals surface area contributed by atoms with Crippen LogP contribution < -0.4 is 10.1 Å². The Morgan fingerprint density at radius 1 is 1.06 bits per heavy atom. The summed E-state index contributed by atoms with van der Waals surface area (Å²) in [5.74, 6) is 1.91. The number of amides is 1. The van der Waals surface area contributed by atoms with Gasteiger partial charge in [-0.15, -0.1) is 10.2 Å². The maximum Gasteiger partial charge on any atom is 0.273 e. The van der Waals surface area contributed by atoms with E-state index in [-0.39, 0.29) is 11.6 Å². The Balaban J connectivity index is 1.33. The van der Waals surface area contributed by atoms with Crippen molar-refractivity contribution in [3.05, 3.63) is 103 Å². The van der Waals surface area contributed by atoms with E-state index in [1.807, 2.05) is 71.3 Å². The Labute approximate surface area is 211 Å². The molecule has 1 amide bonds. The summed E-state index contributed by atoms with van der Waals surface area (Å²) in [7, 11) is 1.63. The second-order valence-corrected chi connectivity index (χ2v) is 8.60. The van der Waals surface area contributed by atoms with Gasteiger partial charge < -0.3 is 14.5 Å². The van der Waals surface area contributed by atoms with E-state index in [1.165, 1.54) is 18.0 Å². The van der Waals surface area contributed by atoms with E-state index in [4.69, 9.17) is 9.15 Å². The Hall–Kier alpha value is -4.44. The van der Waals surface area contributed by atoms with Gasteiger partial charge in [0.2, 0.25) is 5.89 Å². The quantitative estimate of drug-likeness (QED) is 0.295. The van der Waals surface area contributed by atoms with Gasteiger partial charge in [-0.1, -0.05) is 42.1 Å². The highest BCUT2D eigenvalue weighted by Gasteiger charge is 2.18. The summed E-state index contributed by atoms with van der Waals surface area (Å²) in [5, 5.41) is 12.4. The Morgan fingerprint density at radius 3 is 2.69 bits per heavy atom. The molecular formula is C26H22N6O3S. The molecule has 5 aromatic rings. The molecule has 0 unspecified atom stereocenters. The van der Waals surface area contributed by atoms with Crippen molar-refractivity contribution in [3.8, 4) is 22.8 Å². The molecule has 3 aromatic heterocycles. The Bertz CT molecular complexity index is 1450. The molecule has 5 rings (SSSR count). The molecular weight excluding hydrogens is 476 g/mol. The van der Waals surface area contributed by atoms with Crippen LogP contribution in [0.5, 0.6) is 5.75 Å². The van der Waals surface area contributed by atoms with E-state index >= 15 is 0 Å². The van der Waals surface area contributed by atoms with Crippen molar-refractivity contribution in [3.63, 3.8) is 0 Å². The normalized spacial score (nSPS) is 10.8. The first-order chi connectivity index (χ1) is 17.7. The van der Waals surface area contributed by atoms with Crippen LogP contribution in [0.2, 0.25) is 0 Å². The fraction of sp³-hybridized carbons (Fsp3) is 0.115. The van der Waals surface area contributed by atoms with Gasteiger partial charge in [0.15, 0.2) is 16.7 Å². The smallest absolute Gasteiger partial charge is 0.273 e. The van der Waals surface area contributed by atoms with Gasteiger partial charge in [-0.2, -0.15) is 0 Å². The second-order valence-electron chi connectivity index (χ2n) is 7.66. The standard InChI is InChI=1S/C26H22N6O3S/c1-34-21-9-5-6-19(14-21)24-30-31-26(32(24)20-7-3-2-4-8-20)36-17-23-29-22(16-35-23)25(33)28-15-18-10-12-27-13-11-18/h2-14,16H,15,17H2,1H3,(H,28,33). The molecule has 36 heavy (non-hydrogen) atoms. The predicted molar refractivity (Wildman–Crippen MR) is 135 cm³/mol. The number of rotatable bonds is 9. The molecule has 180 valence electrons. The molecule has 0 aliphatic heterocycles. The zero-order valence-corrected chi connectivity index (χ0v) is 20.2. The van der Waals surface area contributed by atoms with E-state index in [9.17, 15) is 4.79 Å². The first-order valence-electron chi connectivity index (χ1n) is 11.1. The maximum atomic E-state index is 12.5. The molecule has 0 aliphatic carbocycles. The summed E-state index contributed by atoms with van der Waals surface area (Å²) >= 11 is 1.42. The lowest BCUT2D eigenvalue weighted by Gasteiger charge is -2.10. The zero-order chi connectivity index (χ0) is 24.7. The van der Waals surface area contributed by atoms with Gasteiger partial charge in [0.1, 0.15) is 12.0 Å². The number of benzene rings is 2. The van der Waals surface area contributed by atoms with Crippen LogP contribution in [0.25, 0.3) is 17.1 Å². The number of hydrogen-bond acceptors (Lipinski definition) is 8. The third kappa shape index (κ3) is 5.28. The fourth-order valence-electron chi connectivity index (χ4n) is 3.50. The number of methoxy groups -OCH3 is 1. The topological polar surface area (TPSA) is 108 Å². The maximum absolute atomic E-state index is 12.5. The molecule has 0 bridgehead atoms. The fourth-order valence-corrected chi connectivity index (χ4v) is 4.31. The van der Waals surface area contributed by atoms with Crippen molar-refractivity contribution < 1.29 is 13.9 Å². The van der Waals surface area contributed by atoms with Crippen molar-refractivity contribution in [1.82, 2.24) is 30.0 Å². The van der Waals surface area contributed by atoms with Crippen LogP contribution in [-0.4, -0.2) is 37.7 Å². The molecule has 0 saturated heterocycles. The van der Waals surface area contributed by atoms with Crippen LogP contribution in [0.4, 0.5) is 0 Å².